The Hall–Kier alpha value is -2.19. The number of likely N-dealkylation sites (tertiary alicyclic amines) is 1. The van der Waals surface area contributed by atoms with E-state index >= 15 is 0 Å². The summed E-state index contributed by atoms with van der Waals surface area (Å²) in [6.07, 6.45) is 3.15. The summed E-state index contributed by atoms with van der Waals surface area (Å²) in [7, 11) is 0. The van der Waals surface area contributed by atoms with Gasteiger partial charge in [-0.05, 0) is 30.8 Å². The fourth-order valence-corrected chi connectivity index (χ4v) is 3.59. The van der Waals surface area contributed by atoms with Gasteiger partial charge in [0.25, 0.3) is 0 Å². The van der Waals surface area contributed by atoms with Crippen molar-refractivity contribution in [3.8, 4) is 0 Å². The van der Waals surface area contributed by atoms with Gasteiger partial charge in [0.2, 0.25) is 5.91 Å². The molecule has 0 aromatic carbocycles. The lowest BCUT2D eigenvalue weighted by atomic mass is 9.98. The third-order valence-corrected chi connectivity index (χ3v) is 4.95. The normalized spacial score (nSPS) is 18.4. The van der Waals surface area contributed by atoms with Crippen molar-refractivity contribution in [2.45, 2.75) is 19.4 Å². The van der Waals surface area contributed by atoms with Crippen molar-refractivity contribution in [1.82, 2.24) is 14.7 Å². The molecule has 7 nitrogen and oxygen atoms in total. The number of aliphatic carboxylic acids is 1. The maximum atomic E-state index is 12.3. The quantitative estimate of drug-likeness (QED) is 0.830. The van der Waals surface area contributed by atoms with E-state index in [0.717, 1.165) is 17.8 Å². The highest BCUT2D eigenvalue weighted by Gasteiger charge is 2.26. The Balaban J connectivity index is 1.55. The van der Waals surface area contributed by atoms with Gasteiger partial charge in [-0.15, -0.1) is 11.3 Å². The summed E-state index contributed by atoms with van der Waals surface area (Å²) in [6, 6.07) is 5.77. The minimum atomic E-state index is -0.783. The van der Waals surface area contributed by atoms with Crippen LogP contribution in [-0.2, 0) is 16.1 Å². The predicted molar refractivity (Wildman–Crippen MR) is 91.1 cm³/mol. The average molecular weight is 348 g/mol. The first-order valence-corrected chi connectivity index (χ1v) is 8.79. The summed E-state index contributed by atoms with van der Waals surface area (Å²) in [6.45, 7) is 2.00. The third kappa shape index (κ3) is 4.21. The van der Waals surface area contributed by atoms with Gasteiger partial charge in [0, 0.05) is 17.5 Å². The average Bonchev–Trinajstić information content (AvgIpc) is 3.20. The summed E-state index contributed by atoms with van der Waals surface area (Å²) in [5, 5.41) is 18.2. The highest BCUT2D eigenvalue weighted by atomic mass is 32.1. The summed E-state index contributed by atoms with van der Waals surface area (Å²) in [4.78, 5) is 26.4. The highest BCUT2D eigenvalue weighted by Crippen LogP contribution is 2.17. The SMILES string of the molecule is O=C(CN1CCCC(C(=O)O)C1)Nc1ccnn1Cc1cccs1. The predicted octanol–water partition coefficient (Wildman–Crippen LogP) is 1.73. The lowest BCUT2D eigenvalue weighted by Gasteiger charge is -2.29. The fourth-order valence-electron chi connectivity index (χ4n) is 2.90. The smallest absolute Gasteiger partial charge is 0.307 e. The number of aromatic nitrogens is 2. The van der Waals surface area contributed by atoms with E-state index in [-0.39, 0.29) is 18.4 Å². The summed E-state index contributed by atoms with van der Waals surface area (Å²) >= 11 is 1.64. The fraction of sp³-hybridized carbons (Fsp3) is 0.438. The van der Waals surface area contributed by atoms with Crippen molar-refractivity contribution in [1.29, 1.82) is 0 Å². The summed E-state index contributed by atoms with van der Waals surface area (Å²) < 4.78 is 1.75. The lowest BCUT2D eigenvalue weighted by Crippen LogP contribution is -2.42. The van der Waals surface area contributed by atoms with Crippen LogP contribution in [0.2, 0.25) is 0 Å². The van der Waals surface area contributed by atoms with Gasteiger partial charge in [0.15, 0.2) is 0 Å². The molecule has 0 saturated carbocycles. The van der Waals surface area contributed by atoms with Crippen LogP contribution in [-0.4, -0.2) is 51.3 Å². The number of nitrogens with one attached hydrogen (secondary N) is 1. The largest absolute Gasteiger partial charge is 0.481 e. The number of hydrogen-bond donors (Lipinski definition) is 2. The molecular formula is C16H20N4O3S. The molecule has 2 aromatic rings. The maximum absolute atomic E-state index is 12.3. The molecule has 1 saturated heterocycles. The van der Waals surface area contributed by atoms with Crippen molar-refractivity contribution in [3.63, 3.8) is 0 Å². The van der Waals surface area contributed by atoms with E-state index < -0.39 is 5.97 Å². The Morgan fingerprint density at radius 1 is 1.42 bits per heavy atom. The number of rotatable bonds is 6. The number of anilines is 1. The Bertz CT molecular complexity index is 698. The molecule has 24 heavy (non-hydrogen) atoms. The Labute approximate surface area is 143 Å². The Morgan fingerprint density at radius 3 is 3.04 bits per heavy atom. The molecule has 0 spiro atoms. The number of carboxylic acid groups (broad SMARTS) is 1. The van der Waals surface area contributed by atoms with Crippen molar-refractivity contribution in [2.75, 3.05) is 25.0 Å². The minimum Gasteiger partial charge on any atom is -0.481 e. The molecule has 2 aromatic heterocycles. The van der Waals surface area contributed by atoms with Gasteiger partial charge >= 0.3 is 5.97 Å². The summed E-state index contributed by atoms with van der Waals surface area (Å²) in [5.41, 5.74) is 0. The van der Waals surface area contributed by atoms with E-state index in [1.807, 2.05) is 22.4 Å². The van der Waals surface area contributed by atoms with Crippen LogP contribution in [0.25, 0.3) is 0 Å². The second-order valence-corrected chi connectivity index (χ2v) is 6.95. The van der Waals surface area contributed by atoms with Crippen LogP contribution in [0.4, 0.5) is 5.82 Å². The van der Waals surface area contributed by atoms with Crippen molar-refractivity contribution in [3.05, 3.63) is 34.7 Å². The number of carboxylic acids is 1. The number of carbonyl (C=O) groups excluding carboxylic acids is 1. The molecular weight excluding hydrogens is 328 g/mol. The molecule has 1 unspecified atom stereocenters. The monoisotopic (exact) mass is 348 g/mol. The van der Waals surface area contributed by atoms with Crippen molar-refractivity contribution >= 4 is 29.0 Å². The van der Waals surface area contributed by atoms with Crippen LogP contribution >= 0.6 is 11.3 Å². The van der Waals surface area contributed by atoms with Crippen LogP contribution in [0, 0.1) is 5.92 Å². The van der Waals surface area contributed by atoms with Gasteiger partial charge in [-0.25, -0.2) is 4.68 Å². The Kier molecular flexibility index (Phi) is 5.27. The van der Waals surface area contributed by atoms with E-state index in [9.17, 15) is 9.59 Å². The topological polar surface area (TPSA) is 87.5 Å². The van der Waals surface area contributed by atoms with Crippen molar-refractivity contribution in [2.24, 2.45) is 5.92 Å². The molecule has 1 amide bonds. The van der Waals surface area contributed by atoms with Crippen molar-refractivity contribution < 1.29 is 14.7 Å². The highest BCUT2D eigenvalue weighted by molar-refractivity contribution is 7.09. The first-order chi connectivity index (χ1) is 11.6. The minimum absolute atomic E-state index is 0.144. The molecule has 128 valence electrons. The van der Waals surface area contributed by atoms with E-state index in [1.54, 1.807) is 28.3 Å². The molecule has 1 fully saturated rings. The molecule has 1 atom stereocenters. The number of nitrogens with zero attached hydrogens (tertiary/aromatic N) is 3. The van der Waals surface area contributed by atoms with E-state index in [1.165, 1.54) is 0 Å². The first kappa shape index (κ1) is 16.7. The van der Waals surface area contributed by atoms with Crippen LogP contribution in [0.15, 0.2) is 29.8 Å². The Morgan fingerprint density at radius 2 is 2.29 bits per heavy atom. The lowest BCUT2D eigenvalue weighted by molar-refractivity contribution is -0.144. The van der Waals surface area contributed by atoms with Gasteiger partial charge in [-0.3, -0.25) is 14.5 Å². The van der Waals surface area contributed by atoms with Gasteiger partial charge < -0.3 is 10.4 Å². The number of thiophene rings is 1. The van der Waals surface area contributed by atoms with Crippen LogP contribution in [0.1, 0.15) is 17.7 Å². The standard InChI is InChI=1S/C16H20N4O3S/c21-15(11-19-7-1-3-12(9-19)16(22)23)18-14-5-6-17-20(14)10-13-4-2-8-24-13/h2,4-6,8,12H,1,3,7,9-11H2,(H,18,21)(H,22,23). The number of hydrogen-bond acceptors (Lipinski definition) is 5. The number of amides is 1. The zero-order valence-electron chi connectivity index (χ0n) is 13.2. The molecule has 0 radical (unpaired) electrons. The number of piperidine rings is 1. The first-order valence-electron chi connectivity index (χ1n) is 7.91. The zero-order chi connectivity index (χ0) is 16.9. The van der Waals surface area contributed by atoms with Crippen LogP contribution in [0.5, 0.6) is 0 Å². The second kappa shape index (κ2) is 7.59. The van der Waals surface area contributed by atoms with Gasteiger partial charge in [-0.1, -0.05) is 6.07 Å². The molecule has 3 heterocycles. The van der Waals surface area contributed by atoms with Gasteiger partial charge in [-0.2, -0.15) is 5.10 Å². The molecule has 0 aliphatic carbocycles. The molecule has 3 rings (SSSR count). The molecule has 2 N–H and O–H groups in total. The van der Waals surface area contributed by atoms with Crippen LogP contribution < -0.4 is 5.32 Å². The molecule has 0 bridgehead atoms. The number of carbonyl (C=O) groups is 2. The van der Waals surface area contributed by atoms with E-state index in [2.05, 4.69) is 10.4 Å². The van der Waals surface area contributed by atoms with Gasteiger partial charge in [0.1, 0.15) is 5.82 Å². The van der Waals surface area contributed by atoms with Gasteiger partial charge in [0.05, 0.1) is 25.2 Å². The third-order valence-electron chi connectivity index (χ3n) is 4.09. The van der Waals surface area contributed by atoms with E-state index in [0.29, 0.717) is 25.3 Å². The van der Waals surface area contributed by atoms with E-state index in [4.69, 9.17) is 5.11 Å². The molecule has 1 aliphatic heterocycles. The van der Waals surface area contributed by atoms with Crippen LogP contribution in [0.3, 0.4) is 0 Å². The second-order valence-electron chi connectivity index (χ2n) is 5.91. The zero-order valence-corrected chi connectivity index (χ0v) is 14.0. The summed E-state index contributed by atoms with van der Waals surface area (Å²) in [5.74, 6) is -0.654. The molecule has 1 aliphatic rings. The molecule has 8 heteroatoms. The maximum Gasteiger partial charge on any atom is 0.307 e.